The molecule has 1 atom stereocenters. The summed E-state index contributed by atoms with van der Waals surface area (Å²) < 4.78 is 0. The molecule has 2 rings (SSSR count). The van der Waals surface area contributed by atoms with Crippen molar-refractivity contribution in [2.24, 2.45) is 0 Å². The van der Waals surface area contributed by atoms with E-state index in [1.54, 1.807) is 13.1 Å². The molecule has 2 aromatic rings. The molecule has 86 valence electrons. The summed E-state index contributed by atoms with van der Waals surface area (Å²) in [6.07, 6.45) is 1.93. The molecular weight excluding hydrogens is 230 g/mol. The van der Waals surface area contributed by atoms with Crippen LogP contribution in [0.15, 0.2) is 6.20 Å². The predicted octanol–water partition coefficient (Wildman–Crippen LogP) is 1.19. The average Bonchev–Trinajstić information content (AvgIpc) is 2.64. The molecule has 0 amide bonds. The number of hydrogen-bond acceptors (Lipinski definition) is 5. The van der Waals surface area contributed by atoms with Crippen LogP contribution in [-0.2, 0) is 0 Å². The summed E-state index contributed by atoms with van der Waals surface area (Å²) in [6, 6.07) is 0. The van der Waals surface area contributed by atoms with Crippen molar-refractivity contribution in [2.45, 2.75) is 19.4 Å². The third-order valence-electron chi connectivity index (χ3n) is 2.14. The first-order valence-corrected chi connectivity index (χ1v) is 5.33. The summed E-state index contributed by atoms with van der Waals surface area (Å²) >= 11 is 5.76. The lowest BCUT2D eigenvalue weighted by Gasteiger charge is -2.07. The Morgan fingerprint density at radius 3 is 3.12 bits per heavy atom. The monoisotopic (exact) mass is 241 g/mol. The standard InChI is InChI=1S/C9H12ClN5O/c1-5(16)2-3-11-7-6-4-12-15-8(6)14-9(10)13-7/h4-5,16H,2-3H2,1H3,(H2,11,12,13,14,15). The molecule has 0 aliphatic carbocycles. The van der Waals surface area contributed by atoms with Gasteiger partial charge in [0.2, 0.25) is 5.28 Å². The number of aromatic amines is 1. The molecule has 7 heteroatoms. The molecule has 2 heterocycles. The number of aliphatic hydroxyl groups excluding tert-OH is 1. The van der Waals surface area contributed by atoms with Gasteiger partial charge in [-0.3, -0.25) is 5.10 Å². The Bertz CT molecular complexity index is 484. The first kappa shape index (κ1) is 11.1. The fourth-order valence-electron chi connectivity index (χ4n) is 1.34. The van der Waals surface area contributed by atoms with Crippen LogP contribution < -0.4 is 5.32 Å². The predicted molar refractivity (Wildman–Crippen MR) is 61.5 cm³/mol. The number of rotatable bonds is 4. The van der Waals surface area contributed by atoms with Gasteiger partial charge in [0.1, 0.15) is 5.82 Å². The van der Waals surface area contributed by atoms with Gasteiger partial charge in [0.15, 0.2) is 5.65 Å². The van der Waals surface area contributed by atoms with Crippen molar-refractivity contribution in [1.82, 2.24) is 20.2 Å². The summed E-state index contributed by atoms with van der Waals surface area (Å²) in [7, 11) is 0. The summed E-state index contributed by atoms with van der Waals surface area (Å²) in [5, 5.41) is 19.8. The summed E-state index contributed by atoms with van der Waals surface area (Å²) in [5.74, 6) is 0.629. The number of anilines is 1. The molecule has 0 saturated heterocycles. The topological polar surface area (TPSA) is 86.7 Å². The fourth-order valence-corrected chi connectivity index (χ4v) is 1.51. The smallest absolute Gasteiger partial charge is 0.226 e. The Morgan fingerprint density at radius 1 is 1.56 bits per heavy atom. The largest absolute Gasteiger partial charge is 0.393 e. The summed E-state index contributed by atoms with van der Waals surface area (Å²) in [6.45, 7) is 2.35. The first-order chi connectivity index (χ1) is 7.66. The number of H-pyrrole nitrogens is 1. The van der Waals surface area contributed by atoms with E-state index in [-0.39, 0.29) is 11.4 Å². The van der Waals surface area contributed by atoms with E-state index < -0.39 is 0 Å². The van der Waals surface area contributed by atoms with Gasteiger partial charge < -0.3 is 10.4 Å². The number of fused-ring (bicyclic) bond motifs is 1. The minimum absolute atomic E-state index is 0.163. The molecule has 2 aromatic heterocycles. The van der Waals surface area contributed by atoms with Crippen LogP contribution in [0.1, 0.15) is 13.3 Å². The normalized spacial score (nSPS) is 12.9. The maximum atomic E-state index is 9.14. The molecule has 0 aliphatic heterocycles. The Hall–Kier alpha value is -1.40. The van der Waals surface area contributed by atoms with Crippen LogP contribution in [0, 0.1) is 0 Å². The Balaban J connectivity index is 2.19. The van der Waals surface area contributed by atoms with Gasteiger partial charge in [0.25, 0.3) is 0 Å². The molecule has 0 radical (unpaired) electrons. The van der Waals surface area contributed by atoms with Crippen molar-refractivity contribution in [3.63, 3.8) is 0 Å². The van der Waals surface area contributed by atoms with E-state index in [1.807, 2.05) is 0 Å². The van der Waals surface area contributed by atoms with E-state index >= 15 is 0 Å². The van der Waals surface area contributed by atoms with Gasteiger partial charge >= 0.3 is 0 Å². The van der Waals surface area contributed by atoms with Crippen LogP contribution in [0.3, 0.4) is 0 Å². The zero-order chi connectivity index (χ0) is 11.5. The van der Waals surface area contributed by atoms with Crippen LogP contribution in [0.4, 0.5) is 5.82 Å². The lowest BCUT2D eigenvalue weighted by molar-refractivity contribution is 0.188. The number of nitrogens with one attached hydrogen (secondary N) is 2. The molecule has 0 saturated carbocycles. The molecule has 16 heavy (non-hydrogen) atoms. The van der Waals surface area contributed by atoms with Crippen molar-refractivity contribution in [2.75, 3.05) is 11.9 Å². The third kappa shape index (κ3) is 2.40. The van der Waals surface area contributed by atoms with Crippen molar-refractivity contribution in [3.05, 3.63) is 11.5 Å². The van der Waals surface area contributed by atoms with Crippen LogP contribution in [0.25, 0.3) is 11.0 Å². The highest BCUT2D eigenvalue weighted by Crippen LogP contribution is 2.19. The number of nitrogens with zero attached hydrogens (tertiary/aromatic N) is 3. The molecule has 0 aliphatic rings. The van der Waals surface area contributed by atoms with Crippen molar-refractivity contribution in [3.8, 4) is 0 Å². The van der Waals surface area contributed by atoms with Crippen molar-refractivity contribution >= 4 is 28.5 Å². The van der Waals surface area contributed by atoms with Gasteiger partial charge in [-0.2, -0.15) is 15.1 Å². The molecule has 3 N–H and O–H groups in total. The van der Waals surface area contributed by atoms with Gasteiger partial charge in [-0.1, -0.05) is 0 Å². The van der Waals surface area contributed by atoms with Crippen LogP contribution in [0.2, 0.25) is 5.28 Å². The molecule has 0 aromatic carbocycles. The lowest BCUT2D eigenvalue weighted by Crippen LogP contribution is -2.11. The van der Waals surface area contributed by atoms with Gasteiger partial charge in [-0.25, -0.2) is 0 Å². The second-order valence-corrected chi connectivity index (χ2v) is 3.88. The highest BCUT2D eigenvalue weighted by Gasteiger charge is 2.07. The van der Waals surface area contributed by atoms with Gasteiger partial charge in [0, 0.05) is 6.54 Å². The highest BCUT2D eigenvalue weighted by atomic mass is 35.5. The Kier molecular flexibility index (Phi) is 3.21. The third-order valence-corrected chi connectivity index (χ3v) is 2.31. The molecule has 0 spiro atoms. The van der Waals surface area contributed by atoms with Crippen LogP contribution in [-0.4, -0.2) is 37.9 Å². The number of aromatic nitrogens is 4. The number of halogens is 1. The zero-order valence-corrected chi connectivity index (χ0v) is 9.49. The minimum Gasteiger partial charge on any atom is -0.393 e. The second kappa shape index (κ2) is 4.63. The van der Waals surface area contributed by atoms with Crippen LogP contribution in [0.5, 0.6) is 0 Å². The van der Waals surface area contributed by atoms with Gasteiger partial charge in [-0.15, -0.1) is 0 Å². The fraction of sp³-hybridized carbons (Fsp3) is 0.444. The quantitative estimate of drug-likeness (QED) is 0.700. The maximum Gasteiger partial charge on any atom is 0.226 e. The highest BCUT2D eigenvalue weighted by molar-refractivity contribution is 6.28. The average molecular weight is 242 g/mol. The van der Waals surface area contributed by atoms with E-state index in [2.05, 4.69) is 25.5 Å². The van der Waals surface area contributed by atoms with Crippen molar-refractivity contribution < 1.29 is 5.11 Å². The van der Waals surface area contributed by atoms with E-state index in [0.29, 0.717) is 24.4 Å². The number of hydrogen-bond donors (Lipinski definition) is 3. The van der Waals surface area contributed by atoms with E-state index in [9.17, 15) is 0 Å². The van der Waals surface area contributed by atoms with Gasteiger partial charge in [-0.05, 0) is 24.9 Å². The Morgan fingerprint density at radius 2 is 2.38 bits per heavy atom. The second-order valence-electron chi connectivity index (χ2n) is 3.54. The molecule has 6 nitrogen and oxygen atoms in total. The summed E-state index contributed by atoms with van der Waals surface area (Å²) in [5.41, 5.74) is 0.597. The summed E-state index contributed by atoms with van der Waals surface area (Å²) in [4.78, 5) is 8.06. The molecule has 0 fully saturated rings. The lowest BCUT2D eigenvalue weighted by atomic mass is 10.3. The Labute approximate surface area is 97.1 Å². The van der Waals surface area contributed by atoms with Gasteiger partial charge in [0.05, 0.1) is 17.7 Å². The molecule has 0 bridgehead atoms. The number of aliphatic hydroxyl groups is 1. The van der Waals surface area contributed by atoms with E-state index in [4.69, 9.17) is 16.7 Å². The van der Waals surface area contributed by atoms with Crippen molar-refractivity contribution in [1.29, 1.82) is 0 Å². The van der Waals surface area contributed by atoms with E-state index in [0.717, 1.165) is 5.39 Å². The SMILES string of the molecule is CC(O)CCNc1nc(Cl)nc2[nH]ncc12. The first-order valence-electron chi connectivity index (χ1n) is 4.95. The van der Waals surface area contributed by atoms with E-state index in [1.165, 1.54) is 0 Å². The van der Waals surface area contributed by atoms with Crippen LogP contribution >= 0.6 is 11.6 Å². The minimum atomic E-state index is -0.343. The maximum absolute atomic E-state index is 9.14. The zero-order valence-electron chi connectivity index (χ0n) is 8.74. The molecule has 1 unspecified atom stereocenters. The molecular formula is C9H12ClN5O.